The lowest BCUT2D eigenvalue weighted by molar-refractivity contribution is -0.123. The van der Waals surface area contributed by atoms with Crippen LogP contribution in [0.2, 0.25) is 0 Å². The second-order valence-corrected chi connectivity index (χ2v) is 5.37. The number of hydrogen-bond acceptors (Lipinski definition) is 3. The molecule has 0 bridgehead atoms. The smallest absolute Gasteiger partial charge is 0.237 e. The van der Waals surface area contributed by atoms with Gasteiger partial charge in [0, 0.05) is 19.1 Å². The van der Waals surface area contributed by atoms with E-state index >= 15 is 0 Å². The number of rotatable bonds is 7. The Labute approximate surface area is 111 Å². The fourth-order valence-corrected chi connectivity index (χ4v) is 2.48. The third kappa shape index (κ3) is 5.36. The Bertz CT molecular complexity index is 237. The summed E-state index contributed by atoms with van der Waals surface area (Å²) in [6.45, 7) is 7.71. The molecule has 1 aliphatic heterocycles. The quantitative estimate of drug-likeness (QED) is 0.725. The minimum Gasteiger partial charge on any atom is -0.352 e. The highest BCUT2D eigenvalue weighted by Gasteiger charge is 2.22. The third-order valence-electron chi connectivity index (χ3n) is 3.68. The highest BCUT2D eigenvalue weighted by atomic mass is 16.2. The number of amides is 1. The largest absolute Gasteiger partial charge is 0.352 e. The molecular formula is C14H29N3O. The van der Waals surface area contributed by atoms with Crippen LogP contribution in [0.3, 0.4) is 0 Å². The van der Waals surface area contributed by atoms with Crippen molar-refractivity contribution in [2.24, 2.45) is 5.73 Å². The molecule has 0 spiro atoms. The summed E-state index contributed by atoms with van der Waals surface area (Å²) < 4.78 is 0. The molecule has 18 heavy (non-hydrogen) atoms. The van der Waals surface area contributed by atoms with Gasteiger partial charge in [0.05, 0.1) is 6.04 Å². The Morgan fingerprint density at radius 3 is 2.56 bits per heavy atom. The van der Waals surface area contributed by atoms with Crippen molar-refractivity contribution < 1.29 is 4.79 Å². The fraction of sp³-hybridized carbons (Fsp3) is 0.929. The number of nitrogens with two attached hydrogens (primary N) is 1. The van der Waals surface area contributed by atoms with Gasteiger partial charge in [0.2, 0.25) is 5.91 Å². The first kappa shape index (κ1) is 15.4. The molecule has 0 aromatic carbocycles. The SMILES string of the molecule is CCCC[C@H](N)C(=O)NC1CCN(CCC)CC1. The van der Waals surface area contributed by atoms with Crippen LogP contribution < -0.4 is 11.1 Å². The van der Waals surface area contributed by atoms with Gasteiger partial charge in [0.25, 0.3) is 0 Å². The molecule has 0 radical (unpaired) electrons. The average Bonchev–Trinajstić information content (AvgIpc) is 2.38. The summed E-state index contributed by atoms with van der Waals surface area (Å²) in [5, 5.41) is 3.10. The number of piperidine rings is 1. The summed E-state index contributed by atoms with van der Waals surface area (Å²) in [6, 6.07) is 0.0110. The first-order valence-corrected chi connectivity index (χ1v) is 7.45. The number of nitrogens with one attached hydrogen (secondary N) is 1. The van der Waals surface area contributed by atoms with E-state index in [2.05, 4.69) is 24.1 Å². The molecule has 4 nitrogen and oxygen atoms in total. The molecule has 3 N–H and O–H groups in total. The van der Waals surface area contributed by atoms with E-state index in [1.54, 1.807) is 0 Å². The predicted octanol–water partition coefficient (Wildman–Crippen LogP) is 1.49. The monoisotopic (exact) mass is 255 g/mol. The molecule has 0 saturated carbocycles. The van der Waals surface area contributed by atoms with Crippen LogP contribution >= 0.6 is 0 Å². The molecule has 106 valence electrons. The van der Waals surface area contributed by atoms with Crippen LogP contribution in [0.15, 0.2) is 0 Å². The van der Waals surface area contributed by atoms with Gasteiger partial charge in [-0.2, -0.15) is 0 Å². The maximum Gasteiger partial charge on any atom is 0.237 e. The molecule has 1 atom stereocenters. The zero-order chi connectivity index (χ0) is 13.4. The van der Waals surface area contributed by atoms with Crippen molar-refractivity contribution in [2.45, 2.75) is 64.5 Å². The molecule has 1 heterocycles. The third-order valence-corrected chi connectivity index (χ3v) is 3.68. The van der Waals surface area contributed by atoms with E-state index in [0.717, 1.165) is 45.2 Å². The van der Waals surface area contributed by atoms with Crippen LogP contribution in [0.4, 0.5) is 0 Å². The van der Waals surface area contributed by atoms with Crippen molar-refractivity contribution in [1.82, 2.24) is 10.2 Å². The Balaban J connectivity index is 2.21. The number of carbonyl (C=O) groups is 1. The van der Waals surface area contributed by atoms with Gasteiger partial charge in [-0.05, 0) is 32.2 Å². The van der Waals surface area contributed by atoms with Crippen molar-refractivity contribution in [2.75, 3.05) is 19.6 Å². The van der Waals surface area contributed by atoms with Crippen LogP contribution in [0.5, 0.6) is 0 Å². The van der Waals surface area contributed by atoms with E-state index in [1.165, 1.54) is 13.0 Å². The molecule has 4 heteroatoms. The van der Waals surface area contributed by atoms with Gasteiger partial charge in [-0.3, -0.25) is 4.79 Å². The van der Waals surface area contributed by atoms with Crippen LogP contribution in [-0.2, 0) is 4.79 Å². The number of unbranched alkanes of at least 4 members (excludes halogenated alkanes) is 1. The molecule has 1 amide bonds. The summed E-state index contributed by atoms with van der Waals surface area (Å²) in [6.07, 6.45) is 6.26. The maximum atomic E-state index is 11.9. The minimum absolute atomic E-state index is 0.0393. The summed E-state index contributed by atoms with van der Waals surface area (Å²) in [5.74, 6) is 0.0393. The first-order chi connectivity index (χ1) is 8.67. The van der Waals surface area contributed by atoms with Crippen LogP contribution in [0.25, 0.3) is 0 Å². The number of likely N-dealkylation sites (tertiary alicyclic amines) is 1. The lowest BCUT2D eigenvalue weighted by atomic mass is 10.0. The molecule has 1 saturated heterocycles. The average molecular weight is 255 g/mol. The van der Waals surface area contributed by atoms with Crippen LogP contribution in [0.1, 0.15) is 52.4 Å². The molecule has 0 aromatic rings. The van der Waals surface area contributed by atoms with E-state index in [9.17, 15) is 4.79 Å². The second kappa shape index (κ2) is 8.48. The Morgan fingerprint density at radius 1 is 1.33 bits per heavy atom. The standard InChI is InChI=1S/C14H29N3O/c1-3-5-6-13(15)14(18)16-12-7-10-17(9-4-2)11-8-12/h12-13H,3-11,15H2,1-2H3,(H,16,18)/t13-/m0/s1. The lowest BCUT2D eigenvalue weighted by Gasteiger charge is -2.32. The molecule has 1 fully saturated rings. The van der Waals surface area contributed by atoms with Gasteiger partial charge in [0.15, 0.2) is 0 Å². The zero-order valence-corrected chi connectivity index (χ0v) is 12.0. The first-order valence-electron chi connectivity index (χ1n) is 7.45. The van der Waals surface area contributed by atoms with Crippen molar-refractivity contribution in [3.8, 4) is 0 Å². The number of nitrogens with zero attached hydrogens (tertiary/aromatic N) is 1. The second-order valence-electron chi connectivity index (χ2n) is 5.37. The van der Waals surface area contributed by atoms with Crippen molar-refractivity contribution in [1.29, 1.82) is 0 Å². The Morgan fingerprint density at radius 2 is 2.00 bits per heavy atom. The van der Waals surface area contributed by atoms with E-state index in [1.807, 2.05) is 0 Å². The number of carbonyl (C=O) groups excluding carboxylic acids is 1. The molecule has 0 aromatic heterocycles. The maximum absolute atomic E-state index is 11.9. The summed E-state index contributed by atoms with van der Waals surface area (Å²) >= 11 is 0. The highest BCUT2D eigenvalue weighted by molar-refractivity contribution is 5.81. The van der Waals surface area contributed by atoms with E-state index in [4.69, 9.17) is 5.73 Å². The van der Waals surface area contributed by atoms with Gasteiger partial charge in [-0.1, -0.05) is 26.7 Å². The van der Waals surface area contributed by atoms with E-state index < -0.39 is 0 Å². The van der Waals surface area contributed by atoms with Crippen molar-refractivity contribution >= 4 is 5.91 Å². The summed E-state index contributed by atoms with van der Waals surface area (Å²) in [5.41, 5.74) is 5.87. The molecule has 0 unspecified atom stereocenters. The van der Waals surface area contributed by atoms with Crippen molar-refractivity contribution in [3.63, 3.8) is 0 Å². The van der Waals surface area contributed by atoms with E-state index in [-0.39, 0.29) is 11.9 Å². The minimum atomic E-state index is -0.321. The molecule has 0 aliphatic carbocycles. The summed E-state index contributed by atoms with van der Waals surface area (Å²) in [7, 11) is 0. The fourth-order valence-electron chi connectivity index (χ4n) is 2.48. The van der Waals surface area contributed by atoms with E-state index in [0.29, 0.717) is 6.04 Å². The van der Waals surface area contributed by atoms with Gasteiger partial charge in [-0.15, -0.1) is 0 Å². The Kier molecular flexibility index (Phi) is 7.28. The number of hydrogen-bond donors (Lipinski definition) is 2. The summed E-state index contributed by atoms with van der Waals surface area (Å²) in [4.78, 5) is 14.3. The van der Waals surface area contributed by atoms with Gasteiger partial charge < -0.3 is 16.0 Å². The van der Waals surface area contributed by atoms with Gasteiger partial charge in [0.1, 0.15) is 0 Å². The lowest BCUT2D eigenvalue weighted by Crippen LogP contribution is -2.49. The predicted molar refractivity (Wildman–Crippen MR) is 75.4 cm³/mol. The molecule has 1 aliphatic rings. The topological polar surface area (TPSA) is 58.4 Å². The molecular weight excluding hydrogens is 226 g/mol. The van der Waals surface area contributed by atoms with Crippen LogP contribution in [0, 0.1) is 0 Å². The van der Waals surface area contributed by atoms with Crippen LogP contribution in [-0.4, -0.2) is 42.5 Å². The van der Waals surface area contributed by atoms with Gasteiger partial charge in [-0.25, -0.2) is 0 Å². The normalized spacial score (nSPS) is 19.7. The highest BCUT2D eigenvalue weighted by Crippen LogP contribution is 2.11. The zero-order valence-electron chi connectivity index (χ0n) is 12.0. The van der Waals surface area contributed by atoms with Gasteiger partial charge >= 0.3 is 0 Å². The Hall–Kier alpha value is -0.610. The molecule has 1 rings (SSSR count). The van der Waals surface area contributed by atoms with Crippen molar-refractivity contribution in [3.05, 3.63) is 0 Å².